The van der Waals surface area contributed by atoms with E-state index in [9.17, 15) is 0 Å². The van der Waals surface area contributed by atoms with Crippen molar-refractivity contribution in [3.05, 3.63) is 35.4 Å². The minimum Gasteiger partial charge on any atom is -0.324 e. The molecule has 0 bridgehead atoms. The average Bonchev–Trinajstić information content (AvgIpc) is 2.15. The van der Waals surface area contributed by atoms with Crippen LogP contribution in [0.1, 0.15) is 43.9 Å². The predicted octanol–water partition coefficient (Wildman–Crippen LogP) is 3.43. The summed E-state index contributed by atoms with van der Waals surface area (Å²) >= 11 is 0. The van der Waals surface area contributed by atoms with Crippen LogP contribution in [0.3, 0.4) is 0 Å². The first-order chi connectivity index (χ1) is 6.59. The van der Waals surface area contributed by atoms with Crippen LogP contribution in [-0.4, -0.2) is 0 Å². The zero-order chi connectivity index (χ0) is 10.6. The molecule has 0 heterocycles. The van der Waals surface area contributed by atoms with Gasteiger partial charge in [-0.2, -0.15) is 0 Å². The van der Waals surface area contributed by atoms with Crippen LogP contribution in [0.2, 0.25) is 0 Å². The van der Waals surface area contributed by atoms with Gasteiger partial charge >= 0.3 is 0 Å². The van der Waals surface area contributed by atoms with E-state index in [4.69, 9.17) is 5.73 Å². The number of rotatable bonds is 4. The lowest BCUT2D eigenvalue weighted by Crippen LogP contribution is -2.11. The van der Waals surface area contributed by atoms with Gasteiger partial charge in [0.1, 0.15) is 0 Å². The summed E-state index contributed by atoms with van der Waals surface area (Å²) in [7, 11) is 0. The van der Waals surface area contributed by atoms with Gasteiger partial charge in [-0.25, -0.2) is 0 Å². The second-order valence-electron chi connectivity index (χ2n) is 4.49. The van der Waals surface area contributed by atoms with Crippen molar-refractivity contribution >= 4 is 0 Å². The Balaban J connectivity index is 2.52. The van der Waals surface area contributed by atoms with Crippen molar-refractivity contribution in [1.29, 1.82) is 0 Å². The highest BCUT2D eigenvalue weighted by molar-refractivity contribution is 5.23. The molecule has 0 spiro atoms. The molecule has 1 nitrogen and oxygen atoms in total. The van der Waals surface area contributed by atoms with Gasteiger partial charge in [0.25, 0.3) is 0 Å². The molecule has 0 aliphatic carbocycles. The van der Waals surface area contributed by atoms with Crippen molar-refractivity contribution in [2.45, 2.75) is 39.7 Å². The summed E-state index contributed by atoms with van der Waals surface area (Å²) in [4.78, 5) is 0. The van der Waals surface area contributed by atoms with Crippen LogP contribution in [0, 0.1) is 12.8 Å². The second kappa shape index (κ2) is 5.16. The van der Waals surface area contributed by atoms with Gasteiger partial charge in [0.15, 0.2) is 0 Å². The van der Waals surface area contributed by atoms with E-state index < -0.39 is 0 Å². The standard InChI is InChI=1S/C13H21N/c1-10(2)4-9-13(14)12-7-5-11(3)6-8-12/h5-8,10,13H,4,9,14H2,1-3H3/t13-/m0/s1. The maximum atomic E-state index is 6.09. The van der Waals surface area contributed by atoms with Crippen molar-refractivity contribution in [3.8, 4) is 0 Å². The maximum absolute atomic E-state index is 6.09. The molecule has 1 rings (SSSR count). The van der Waals surface area contributed by atoms with Crippen molar-refractivity contribution in [3.63, 3.8) is 0 Å². The molecule has 0 aliphatic rings. The summed E-state index contributed by atoms with van der Waals surface area (Å²) in [6, 6.07) is 8.74. The molecule has 14 heavy (non-hydrogen) atoms. The third-order valence-corrected chi connectivity index (χ3v) is 2.56. The lowest BCUT2D eigenvalue weighted by atomic mass is 9.98. The van der Waals surface area contributed by atoms with Gasteiger partial charge in [-0.1, -0.05) is 43.7 Å². The van der Waals surface area contributed by atoms with Crippen LogP contribution in [0.5, 0.6) is 0 Å². The van der Waals surface area contributed by atoms with Crippen molar-refractivity contribution < 1.29 is 0 Å². The second-order valence-corrected chi connectivity index (χ2v) is 4.49. The summed E-state index contributed by atoms with van der Waals surface area (Å²) in [6.45, 7) is 6.58. The van der Waals surface area contributed by atoms with E-state index in [-0.39, 0.29) is 6.04 Å². The molecule has 1 heteroatoms. The lowest BCUT2D eigenvalue weighted by molar-refractivity contribution is 0.507. The average molecular weight is 191 g/mol. The molecule has 0 aromatic heterocycles. The zero-order valence-electron chi connectivity index (χ0n) is 9.46. The Morgan fingerprint density at radius 3 is 2.14 bits per heavy atom. The fourth-order valence-electron chi connectivity index (χ4n) is 1.49. The van der Waals surface area contributed by atoms with Gasteiger partial charge in [0.05, 0.1) is 0 Å². The molecule has 2 N–H and O–H groups in total. The van der Waals surface area contributed by atoms with Gasteiger partial charge in [-0.05, 0) is 31.2 Å². The third-order valence-electron chi connectivity index (χ3n) is 2.56. The molecule has 1 aromatic rings. The molecule has 0 unspecified atom stereocenters. The summed E-state index contributed by atoms with van der Waals surface area (Å²) in [5.41, 5.74) is 8.65. The highest BCUT2D eigenvalue weighted by atomic mass is 14.6. The fourth-order valence-corrected chi connectivity index (χ4v) is 1.49. The Labute approximate surface area is 87.3 Å². The van der Waals surface area contributed by atoms with E-state index >= 15 is 0 Å². The molecule has 0 saturated carbocycles. The molecule has 0 radical (unpaired) electrons. The largest absolute Gasteiger partial charge is 0.324 e. The first kappa shape index (κ1) is 11.3. The van der Waals surface area contributed by atoms with Crippen LogP contribution >= 0.6 is 0 Å². The van der Waals surface area contributed by atoms with Gasteiger partial charge < -0.3 is 5.73 Å². The van der Waals surface area contributed by atoms with Crippen LogP contribution in [0.4, 0.5) is 0 Å². The van der Waals surface area contributed by atoms with Crippen molar-refractivity contribution in [2.75, 3.05) is 0 Å². The van der Waals surface area contributed by atoms with Gasteiger partial charge in [-0.15, -0.1) is 0 Å². The van der Waals surface area contributed by atoms with Crippen LogP contribution in [0.25, 0.3) is 0 Å². The van der Waals surface area contributed by atoms with E-state index in [2.05, 4.69) is 45.0 Å². The fraction of sp³-hybridized carbons (Fsp3) is 0.538. The smallest absolute Gasteiger partial charge is 0.0294 e. The van der Waals surface area contributed by atoms with E-state index in [1.54, 1.807) is 0 Å². The number of aryl methyl sites for hydroxylation is 1. The highest BCUT2D eigenvalue weighted by Gasteiger charge is 2.06. The van der Waals surface area contributed by atoms with Crippen LogP contribution in [-0.2, 0) is 0 Å². The minimum absolute atomic E-state index is 0.206. The number of benzene rings is 1. The third kappa shape index (κ3) is 3.51. The van der Waals surface area contributed by atoms with E-state index in [0.717, 1.165) is 12.3 Å². The minimum atomic E-state index is 0.206. The Morgan fingerprint density at radius 1 is 1.07 bits per heavy atom. The van der Waals surface area contributed by atoms with Crippen molar-refractivity contribution in [2.24, 2.45) is 11.7 Å². The first-order valence-electron chi connectivity index (χ1n) is 5.41. The van der Waals surface area contributed by atoms with E-state index in [1.165, 1.54) is 17.5 Å². The Hall–Kier alpha value is -0.820. The van der Waals surface area contributed by atoms with E-state index in [1.807, 2.05) is 0 Å². The van der Waals surface area contributed by atoms with E-state index in [0.29, 0.717) is 0 Å². The number of hydrogen-bond acceptors (Lipinski definition) is 1. The lowest BCUT2D eigenvalue weighted by Gasteiger charge is -2.13. The highest BCUT2D eigenvalue weighted by Crippen LogP contribution is 2.18. The zero-order valence-corrected chi connectivity index (χ0v) is 9.46. The first-order valence-corrected chi connectivity index (χ1v) is 5.41. The number of hydrogen-bond donors (Lipinski definition) is 1. The normalized spacial score (nSPS) is 13.2. The summed E-state index contributed by atoms with van der Waals surface area (Å²) in [5.74, 6) is 0.742. The molecule has 0 saturated heterocycles. The quantitative estimate of drug-likeness (QED) is 0.775. The Bertz CT molecular complexity index is 261. The topological polar surface area (TPSA) is 26.0 Å². The molecule has 1 atom stereocenters. The number of nitrogens with two attached hydrogens (primary N) is 1. The molecule has 0 amide bonds. The van der Waals surface area contributed by atoms with Crippen LogP contribution in [0.15, 0.2) is 24.3 Å². The van der Waals surface area contributed by atoms with Crippen molar-refractivity contribution in [1.82, 2.24) is 0 Å². The summed E-state index contributed by atoms with van der Waals surface area (Å²) in [6.07, 6.45) is 2.29. The van der Waals surface area contributed by atoms with Crippen LogP contribution < -0.4 is 5.73 Å². The molecule has 0 fully saturated rings. The summed E-state index contributed by atoms with van der Waals surface area (Å²) < 4.78 is 0. The predicted molar refractivity (Wildman–Crippen MR) is 62.2 cm³/mol. The monoisotopic (exact) mass is 191 g/mol. The molecule has 0 aliphatic heterocycles. The summed E-state index contributed by atoms with van der Waals surface area (Å²) in [5, 5.41) is 0. The SMILES string of the molecule is Cc1ccc([C@@H](N)CCC(C)C)cc1. The van der Waals surface area contributed by atoms with Gasteiger partial charge in [0, 0.05) is 6.04 Å². The van der Waals surface area contributed by atoms with Gasteiger partial charge in [-0.3, -0.25) is 0 Å². The molecule has 78 valence electrons. The Kier molecular flexibility index (Phi) is 4.15. The molecular weight excluding hydrogens is 170 g/mol. The molecule has 1 aromatic carbocycles. The Morgan fingerprint density at radius 2 is 1.64 bits per heavy atom. The molecular formula is C13H21N. The van der Waals surface area contributed by atoms with Gasteiger partial charge in [0.2, 0.25) is 0 Å². The maximum Gasteiger partial charge on any atom is 0.0294 e.